The van der Waals surface area contributed by atoms with Crippen molar-refractivity contribution in [2.75, 3.05) is 39.1 Å². The smallest absolute Gasteiger partial charge is 0.230 e. The molecular weight excluding hydrogens is 264 g/mol. The highest BCUT2D eigenvalue weighted by Gasteiger charge is 2.29. The molecule has 0 radical (unpaired) electrons. The van der Waals surface area contributed by atoms with Gasteiger partial charge in [0.15, 0.2) is 0 Å². The van der Waals surface area contributed by atoms with E-state index in [1.807, 2.05) is 4.90 Å². The fourth-order valence-corrected chi connectivity index (χ4v) is 2.55. The van der Waals surface area contributed by atoms with Gasteiger partial charge in [0.1, 0.15) is 0 Å². The highest BCUT2D eigenvalue weighted by Crippen LogP contribution is 2.16. The maximum absolute atomic E-state index is 11.7. The predicted octanol–water partition coefficient (Wildman–Crippen LogP) is 0.739. The molecule has 0 aliphatic carbocycles. The lowest BCUT2D eigenvalue weighted by Crippen LogP contribution is -2.33. The molecule has 19 heavy (non-hydrogen) atoms. The van der Waals surface area contributed by atoms with Crippen molar-refractivity contribution in [2.45, 2.75) is 25.5 Å². The zero-order valence-corrected chi connectivity index (χ0v) is 12.8. The Labute approximate surface area is 119 Å². The maximum atomic E-state index is 11.7. The number of thioether (sulfide) groups is 1. The van der Waals surface area contributed by atoms with Gasteiger partial charge in [-0.15, -0.1) is 11.8 Å². The molecule has 0 bridgehead atoms. The Bertz CT molecular complexity index is 310. The molecule has 1 fully saturated rings. The molecule has 0 spiro atoms. The Kier molecular flexibility index (Phi) is 7.23. The minimum atomic E-state index is 0.0569. The van der Waals surface area contributed by atoms with E-state index in [-0.39, 0.29) is 17.7 Å². The highest BCUT2D eigenvalue weighted by molar-refractivity contribution is 8.00. The molecule has 1 saturated heterocycles. The Morgan fingerprint density at radius 1 is 1.58 bits per heavy atom. The fraction of sp³-hybridized carbons (Fsp3) is 0.846. The number of hydrogen-bond acceptors (Lipinski definition) is 4. The molecule has 5 nitrogen and oxygen atoms in total. The third-order valence-corrected chi connectivity index (χ3v) is 4.09. The van der Waals surface area contributed by atoms with Gasteiger partial charge in [0, 0.05) is 39.1 Å². The van der Waals surface area contributed by atoms with E-state index in [0.717, 1.165) is 6.54 Å². The van der Waals surface area contributed by atoms with E-state index in [1.54, 1.807) is 18.9 Å². The van der Waals surface area contributed by atoms with Crippen LogP contribution in [-0.4, -0.2) is 61.1 Å². The van der Waals surface area contributed by atoms with Gasteiger partial charge >= 0.3 is 0 Å². The van der Waals surface area contributed by atoms with Crippen LogP contribution in [0.3, 0.4) is 0 Å². The lowest BCUT2D eigenvalue weighted by molar-refractivity contribution is -0.128. The summed E-state index contributed by atoms with van der Waals surface area (Å²) in [4.78, 5) is 25.1. The number of methoxy groups -OCH3 is 1. The van der Waals surface area contributed by atoms with Crippen molar-refractivity contribution < 1.29 is 14.3 Å². The third kappa shape index (κ3) is 6.29. The lowest BCUT2D eigenvalue weighted by Gasteiger charge is -2.16. The second-order valence-electron chi connectivity index (χ2n) is 5.07. The van der Waals surface area contributed by atoms with E-state index < -0.39 is 0 Å². The van der Waals surface area contributed by atoms with E-state index >= 15 is 0 Å². The Hall–Kier alpha value is -0.750. The van der Waals surface area contributed by atoms with Crippen LogP contribution in [0.25, 0.3) is 0 Å². The van der Waals surface area contributed by atoms with E-state index in [4.69, 9.17) is 4.74 Å². The van der Waals surface area contributed by atoms with Crippen LogP contribution < -0.4 is 5.32 Å². The normalized spacial score (nSPS) is 19.3. The second kappa shape index (κ2) is 8.43. The van der Waals surface area contributed by atoms with Crippen LogP contribution in [0.15, 0.2) is 0 Å². The monoisotopic (exact) mass is 288 g/mol. The number of nitrogens with one attached hydrogen (secondary N) is 1. The van der Waals surface area contributed by atoms with Crippen LogP contribution in [0.4, 0.5) is 0 Å². The summed E-state index contributed by atoms with van der Waals surface area (Å²) in [6.07, 6.45) is 0.529. The Balaban J connectivity index is 2.20. The van der Waals surface area contributed by atoms with Crippen molar-refractivity contribution in [2.24, 2.45) is 5.92 Å². The molecule has 1 aliphatic heterocycles. The number of hydrogen-bond donors (Lipinski definition) is 1. The summed E-state index contributed by atoms with van der Waals surface area (Å²) in [7, 11) is 1.63. The standard InChI is InChI=1S/C13H24N2O3S/c1-10(2)19-9-12(16)14-7-11-6-13(17)15(8-11)4-5-18-3/h10-11H,4-9H2,1-3H3,(H,14,16)/t11-/m1/s1. The van der Waals surface area contributed by atoms with Gasteiger partial charge in [-0.05, 0) is 5.25 Å². The van der Waals surface area contributed by atoms with Gasteiger partial charge in [0.25, 0.3) is 0 Å². The van der Waals surface area contributed by atoms with Gasteiger partial charge in [-0.25, -0.2) is 0 Å². The average molecular weight is 288 g/mol. The molecule has 1 aliphatic rings. The molecule has 1 atom stereocenters. The summed E-state index contributed by atoms with van der Waals surface area (Å²) >= 11 is 1.63. The van der Waals surface area contributed by atoms with Gasteiger partial charge in [-0.1, -0.05) is 13.8 Å². The molecule has 6 heteroatoms. The summed E-state index contributed by atoms with van der Waals surface area (Å²) < 4.78 is 4.97. The number of rotatable bonds is 8. The van der Waals surface area contributed by atoms with Crippen LogP contribution in [0.5, 0.6) is 0 Å². The summed E-state index contributed by atoms with van der Waals surface area (Å²) in [6, 6.07) is 0. The fourth-order valence-electron chi connectivity index (χ4n) is 1.96. The summed E-state index contributed by atoms with van der Waals surface area (Å²) in [6.45, 7) is 6.66. The zero-order valence-electron chi connectivity index (χ0n) is 12.0. The van der Waals surface area contributed by atoms with E-state index in [9.17, 15) is 9.59 Å². The van der Waals surface area contributed by atoms with E-state index in [0.29, 0.717) is 37.1 Å². The number of amides is 2. The van der Waals surface area contributed by atoms with Crippen LogP contribution in [0.1, 0.15) is 20.3 Å². The van der Waals surface area contributed by atoms with Crippen LogP contribution >= 0.6 is 11.8 Å². The van der Waals surface area contributed by atoms with Crippen molar-refractivity contribution in [1.82, 2.24) is 10.2 Å². The second-order valence-corrected chi connectivity index (χ2v) is 6.63. The molecule has 0 aromatic rings. The quantitative estimate of drug-likeness (QED) is 0.716. The van der Waals surface area contributed by atoms with Crippen molar-refractivity contribution in [3.8, 4) is 0 Å². The van der Waals surface area contributed by atoms with Crippen molar-refractivity contribution in [3.63, 3.8) is 0 Å². The van der Waals surface area contributed by atoms with Crippen molar-refractivity contribution >= 4 is 23.6 Å². The van der Waals surface area contributed by atoms with E-state index in [2.05, 4.69) is 19.2 Å². The van der Waals surface area contributed by atoms with Crippen LogP contribution in [0.2, 0.25) is 0 Å². The molecule has 0 unspecified atom stereocenters. The first kappa shape index (κ1) is 16.3. The third-order valence-electron chi connectivity index (χ3n) is 3.00. The number of likely N-dealkylation sites (tertiary alicyclic amines) is 1. The molecule has 0 aromatic carbocycles. The van der Waals surface area contributed by atoms with Crippen molar-refractivity contribution in [3.05, 3.63) is 0 Å². The SMILES string of the molecule is COCCN1C[C@@H](CNC(=O)CSC(C)C)CC1=O. The van der Waals surface area contributed by atoms with E-state index in [1.165, 1.54) is 0 Å². The predicted molar refractivity (Wildman–Crippen MR) is 77.2 cm³/mol. The Morgan fingerprint density at radius 3 is 2.95 bits per heavy atom. The molecule has 1 heterocycles. The van der Waals surface area contributed by atoms with Crippen molar-refractivity contribution in [1.29, 1.82) is 0 Å². The molecule has 0 aromatic heterocycles. The lowest BCUT2D eigenvalue weighted by atomic mass is 10.1. The first-order valence-electron chi connectivity index (χ1n) is 6.68. The molecule has 1 rings (SSSR count). The van der Waals surface area contributed by atoms with Gasteiger partial charge < -0.3 is 15.0 Å². The molecule has 1 N–H and O–H groups in total. The van der Waals surface area contributed by atoms with Gasteiger partial charge in [0.2, 0.25) is 11.8 Å². The first-order valence-corrected chi connectivity index (χ1v) is 7.72. The minimum Gasteiger partial charge on any atom is -0.383 e. The molecule has 0 saturated carbocycles. The summed E-state index contributed by atoms with van der Waals surface area (Å²) in [5, 5.41) is 3.37. The average Bonchev–Trinajstić information content (AvgIpc) is 2.72. The molecule has 110 valence electrons. The van der Waals surface area contributed by atoms with Crippen LogP contribution in [0, 0.1) is 5.92 Å². The largest absolute Gasteiger partial charge is 0.383 e. The highest BCUT2D eigenvalue weighted by atomic mass is 32.2. The number of ether oxygens (including phenoxy) is 1. The molecule has 2 amide bonds. The number of carbonyl (C=O) groups is 2. The minimum absolute atomic E-state index is 0.0569. The number of nitrogens with zero attached hydrogens (tertiary/aromatic N) is 1. The van der Waals surface area contributed by atoms with Crippen LogP contribution in [-0.2, 0) is 14.3 Å². The number of carbonyl (C=O) groups excluding carboxylic acids is 2. The summed E-state index contributed by atoms with van der Waals surface area (Å²) in [5.41, 5.74) is 0. The van der Waals surface area contributed by atoms with Gasteiger partial charge in [-0.2, -0.15) is 0 Å². The van der Waals surface area contributed by atoms with Gasteiger partial charge in [-0.3, -0.25) is 9.59 Å². The zero-order chi connectivity index (χ0) is 14.3. The topological polar surface area (TPSA) is 58.6 Å². The summed E-state index contributed by atoms with van der Waals surface area (Å²) in [5.74, 6) is 0.942. The maximum Gasteiger partial charge on any atom is 0.230 e. The Morgan fingerprint density at radius 2 is 2.32 bits per heavy atom. The first-order chi connectivity index (χ1) is 9.02. The van der Waals surface area contributed by atoms with Gasteiger partial charge in [0.05, 0.1) is 12.4 Å². The molecular formula is C13H24N2O3S.